The number of carbonyl (C=O) groups excluding carboxylic acids is 2. The Hall–Kier alpha value is -0.860. The van der Waals surface area contributed by atoms with Crippen molar-refractivity contribution in [2.75, 3.05) is 7.11 Å². The minimum absolute atomic E-state index is 0.126. The molecule has 0 N–H and O–H groups in total. The number of ether oxygens (including phenoxy) is 1. The number of methoxy groups -OCH3 is 1. The van der Waals surface area contributed by atoms with Gasteiger partial charge in [-0.3, -0.25) is 9.59 Å². The van der Waals surface area contributed by atoms with Gasteiger partial charge < -0.3 is 4.74 Å². The third kappa shape index (κ3) is 3.01. The lowest BCUT2D eigenvalue weighted by Crippen LogP contribution is -2.22. The van der Waals surface area contributed by atoms with Gasteiger partial charge in [0.1, 0.15) is 5.78 Å². The molecular weight excluding hydrogens is 240 g/mol. The molecule has 0 aliphatic heterocycles. The highest BCUT2D eigenvalue weighted by atomic mass is 16.5. The largest absolute Gasteiger partial charge is 0.469 e. The molecule has 2 aliphatic carbocycles. The van der Waals surface area contributed by atoms with Crippen molar-refractivity contribution in [3.8, 4) is 0 Å². The standard InChI is InChI=1S/C16H26O3/c1-3-4-5-7-13-14(10-15(17)19-2)11-8-6-9-12(11)16(13)18/h11-14H,3-10H2,1-2H3. The van der Waals surface area contributed by atoms with Crippen molar-refractivity contribution >= 4 is 11.8 Å². The molecule has 19 heavy (non-hydrogen) atoms. The average Bonchev–Trinajstić information content (AvgIpc) is 2.97. The summed E-state index contributed by atoms with van der Waals surface area (Å²) >= 11 is 0. The Morgan fingerprint density at radius 2 is 2.11 bits per heavy atom. The van der Waals surface area contributed by atoms with E-state index in [9.17, 15) is 9.59 Å². The molecule has 2 fully saturated rings. The predicted octanol–water partition coefficient (Wildman–Crippen LogP) is 3.36. The van der Waals surface area contributed by atoms with Crippen molar-refractivity contribution in [2.45, 2.75) is 58.3 Å². The predicted molar refractivity (Wildman–Crippen MR) is 73.6 cm³/mol. The molecule has 0 spiro atoms. The summed E-state index contributed by atoms with van der Waals surface area (Å²) < 4.78 is 4.82. The highest BCUT2D eigenvalue weighted by Crippen LogP contribution is 2.51. The molecule has 0 saturated heterocycles. The van der Waals surface area contributed by atoms with E-state index in [1.165, 1.54) is 20.0 Å². The summed E-state index contributed by atoms with van der Waals surface area (Å²) in [5.74, 6) is 1.39. The Bertz CT molecular complexity index is 337. The minimum atomic E-state index is -0.147. The number of rotatable bonds is 6. The van der Waals surface area contributed by atoms with Crippen LogP contribution in [0.1, 0.15) is 58.3 Å². The lowest BCUT2D eigenvalue weighted by atomic mass is 9.82. The van der Waals surface area contributed by atoms with Gasteiger partial charge in [-0.05, 0) is 31.1 Å². The molecule has 0 aromatic rings. The van der Waals surface area contributed by atoms with E-state index >= 15 is 0 Å². The fourth-order valence-corrected chi connectivity index (χ4v) is 4.18. The molecule has 4 unspecified atom stereocenters. The minimum Gasteiger partial charge on any atom is -0.469 e. The molecule has 0 amide bonds. The van der Waals surface area contributed by atoms with E-state index in [4.69, 9.17) is 4.74 Å². The quantitative estimate of drug-likeness (QED) is 0.547. The highest BCUT2D eigenvalue weighted by Gasteiger charge is 2.51. The van der Waals surface area contributed by atoms with Gasteiger partial charge in [-0.2, -0.15) is 0 Å². The Morgan fingerprint density at radius 3 is 2.79 bits per heavy atom. The Kier molecular flexibility index (Phi) is 5.00. The molecule has 2 aliphatic rings. The van der Waals surface area contributed by atoms with Crippen LogP contribution in [-0.2, 0) is 14.3 Å². The monoisotopic (exact) mass is 266 g/mol. The van der Waals surface area contributed by atoms with Crippen LogP contribution >= 0.6 is 0 Å². The molecule has 0 aromatic heterocycles. The lowest BCUT2D eigenvalue weighted by Gasteiger charge is -2.21. The van der Waals surface area contributed by atoms with E-state index in [-0.39, 0.29) is 23.7 Å². The van der Waals surface area contributed by atoms with Crippen LogP contribution in [0.4, 0.5) is 0 Å². The number of Topliss-reactive ketones (excluding diaryl/α,β-unsaturated/α-hetero) is 1. The first-order valence-corrected chi connectivity index (χ1v) is 7.79. The molecular formula is C16H26O3. The van der Waals surface area contributed by atoms with E-state index in [2.05, 4.69) is 6.92 Å². The Labute approximate surface area is 116 Å². The van der Waals surface area contributed by atoms with Gasteiger partial charge in [0, 0.05) is 18.3 Å². The summed E-state index contributed by atoms with van der Waals surface area (Å²) in [5, 5.41) is 0. The number of ketones is 1. The first kappa shape index (κ1) is 14.5. The lowest BCUT2D eigenvalue weighted by molar-refractivity contribution is -0.142. The van der Waals surface area contributed by atoms with Crippen LogP contribution in [0.25, 0.3) is 0 Å². The summed E-state index contributed by atoms with van der Waals surface area (Å²) in [6.45, 7) is 2.18. The van der Waals surface area contributed by atoms with Crippen molar-refractivity contribution in [3.05, 3.63) is 0 Å². The molecule has 0 bridgehead atoms. The van der Waals surface area contributed by atoms with E-state index in [0.29, 0.717) is 18.1 Å². The maximum Gasteiger partial charge on any atom is 0.305 e. The SMILES string of the molecule is CCCCCC1C(=O)C2CCCC2C1CC(=O)OC. The number of esters is 1. The van der Waals surface area contributed by atoms with Gasteiger partial charge in [0.15, 0.2) is 0 Å². The van der Waals surface area contributed by atoms with Gasteiger partial charge in [-0.1, -0.05) is 32.6 Å². The fourth-order valence-electron chi connectivity index (χ4n) is 4.18. The molecule has 2 rings (SSSR count). The van der Waals surface area contributed by atoms with Crippen molar-refractivity contribution in [1.82, 2.24) is 0 Å². The second-order valence-electron chi connectivity index (χ2n) is 6.15. The fraction of sp³-hybridized carbons (Fsp3) is 0.875. The number of unbranched alkanes of at least 4 members (excludes halogenated alkanes) is 2. The Morgan fingerprint density at radius 1 is 1.32 bits per heavy atom. The number of fused-ring (bicyclic) bond motifs is 1. The third-order valence-corrected chi connectivity index (χ3v) is 5.12. The summed E-state index contributed by atoms with van der Waals surface area (Å²) in [4.78, 5) is 24.1. The average molecular weight is 266 g/mol. The second-order valence-corrected chi connectivity index (χ2v) is 6.15. The molecule has 0 aromatic carbocycles. The molecule has 0 heterocycles. The molecule has 2 saturated carbocycles. The van der Waals surface area contributed by atoms with Crippen LogP contribution in [0, 0.1) is 23.7 Å². The van der Waals surface area contributed by atoms with Crippen molar-refractivity contribution < 1.29 is 14.3 Å². The zero-order valence-electron chi connectivity index (χ0n) is 12.2. The van der Waals surface area contributed by atoms with Gasteiger partial charge in [-0.25, -0.2) is 0 Å². The van der Waals surface area contributed by atoms with Gasteiger partial charge in [0.2, 0.25) is 0 Å². The maximum absolute atomic E-state index is 12.5. The zero-order valence-corrected chi connectivity index (χ0v) is 12.2. The first-order chi connectivity index (χ1) is 9.19. The normalized spacial score (nSPS) is 33.5. The van der Waals surface area contributed by atoms with E-state index in [1.807, 2.05) is 0 Å². The molecule has 3 heteroatoms. The van der Waals surface area contributed by atoms with E-state index in [1.54, 1.807) is 0 Å². The number of hydrogen-bond donors (Lipinski definition) is 0. The second kappa shape index (κ2) is 6.53. The molecule has 4 atom stereocenters. The van der Waals surface area contributed by atoms with E-state index in [0.717, 1.165) is 32.1 Å². The summed E-state index contributed by atoms with van der Waals surface area (Å²) in [5.41, 5.74) is 0. The number of carbonyl (C=O) groups is 2. The number of hydrogen-bond acceptors (Lipinski definition) is 3. The van der Waals surface area contributed by atoms with Crippen LogP contribution in [-0.4, -0.2) is 18.9 Å². The van der Waals surface area contributed by atoms with Gasteiger partial charge in [-0.15, -0.1) is 0 Å². The van der Waals surface area contributed by atoms with Crippen LogP contribution in [0.3, 0.4) is 0 Å². The molecule has 108 valence electrons. The van der Waals surface area contributed by atoms with Crippen molar-refractivity contribution in [3.63, 3.8) is 0 Å². The van der Waals surface area contributed by atoms with Crippen LogP contribution in [0.15, 0.2) is 0 Å². The van der Waals surface area contributed by atoms with Gasteiger partial charge >= 0.3 is 5.97 Å². The maximum atomic E-state index is 12.5. The third-order valence-electron chi connectivity index (χ3n) is 5.12. The van der Waals surface area contributed by atoms with Gasteiger partial charge in [0.25, 0.3) is 0 Å². The summed E-state index contributed by atoms with van der Waals surface area (Å²) in [7, 11) is 1.44. The highest BCUT2D eigenvalue weighted by molar-refractivity contribution is 5.87. The van der Waals surface area contributed by atoms with Crippen LogP contribution in [0.2, 0.25) is 0 Å². The topological polar surface area (TPSA) is 43.4 Å². The molecule has 3 nitrogen and oxygen atoms in total. The van der Waals surface area contributed by atoms with Crippen LogP contribution < -0.4 is 0 Å². The molecule has 0 radical (unpaired) electrons. The van der Waals surface area contributed by atoms with E-state index < -0.39 is 0 Å². The Balaban J connectivity index is 2.04. The smallest absolute Gasteiger partial charge is 0.305 e. The van der Waals surface area contributed by atoms with Crippen LogP contribution in [0.5, 0.6) is 0 Å². The van der Waals surface area contributed by atoms with Crippen molar-refractivity contribution in [1.29, 1.82) is 0 Å². The first-order valence-electron chi connectivity index (χ1n) is 7.79. The van der Waals surface area contributed by atoms with Crippen molar-refractivity contribution in [2.24, 2.45) is 23.7 Å². The summed E-state index contributed by atoms with van der Waals surface area (Å²) in [6.07, 6.45) is 8.22. The van der Waals surface area contributed by atoms with Gasteiger partial charge in [0.05, 0.1) is 7.11 Å². The summed E-state index contributed by atoms with van der Waals surface area (Å²) in [6, 6.07) is 0. The zero-order chi connectivity index (χ0) is 13.8.